The minimum atomic E-state index is -0.00769. The zero-order chi connectivity index (χ0) is 20.6. The van der Waals surface area contributed by atoms with Gasteiger partial charge in [-0.05, 0) is 36.5 Å². The first-order chi connectivity index (χ1) is 14.2. The van der Waals surface area contributed by atoms with Crippen LogP contribution in [0.2, 0.25) is 0 Å². The number of hydrogen-bond donors (Lipinski definition) is 1. The number of rotatable bonds is 10. The van der Waals surface area contributed by atoms with Crippen molar-refractivity contribution >= 4 is 11.7 Å². The van der Waals surface area contributed by atoms with Gasteiger partial charge in [0.05, 0.1) is 21.3 Å². The Balaban J connectivity index is 1.46. The van der Waals surface area contributed by atoms with Gasteiger partial charge in [0.1, 0.15) is 6.33 Å². The van der Waals surface area contributed by atoms with Crippen LogP contribution in [0.15, 0.2) is 30.9 Å². The first-order valence-corrected chi connectivity index (χ1v) is 9.35. The molecular formula is C20H25N5O4. The molecule has 154 valence electrons. The number of carbonyl (C=O) groups is 1. The fourth-order valence-electron chi connectivity index (χ4n) is 3.10. The SMILES string of the molecule is COc1ccc(CCC(=O)NCCCc2cnc3ncnn3c2)c(OC)c1OC. The average Bonchev–Trinajstić information content (AvgIpc) is 3.22. The summed E-state index contributed by atoms with van der Waals surface area (Å²) in [6.07, 6.45) is 7.68. The van der Waals surface area contributed by atoms with Gasteiger partial charge in [-0.2, -0.15) is 10.1 Å². The largest absolute Gasteiger partial charge is 0.493 e. The van der Waals surface area contributed by atoms with Crippen molar-refractivity contribution in [1.29, 1.82) is 0 Å². The van der Waals surface area contributed by atoms with Crippen LogP contribution < -0.4 is 19.5 Å². The predicted octanol–water partition coefficient (Wildman–Crippen LogP) is 1.83. The number of amides is 1. The van der Waals surface area contributed by atoms with Gasteiger partial charge in [0.2, 0.25) is 11.7 Å². The molecule has 2 heterocycles. The second kappa shape index (κ2) is 9.72. The monoisotopic (exact) mass is 399 g/mol. The Kier molecular flexibility index (Phi) is 6.83. The van der Waals surface area contributed by atoms with E-state index >= 15 is 0 Å². The third-order valence-electron chi connectivity index (χ3n) is 4.56. The van der Waals surface area contributed by atoms with Crippen molar-refractivity contribution in [1.82, 2.24) is 24.9 Å². The first kappa shape index (κ1) is 20.4. The number of fused-ring (bicyclic) bond motifs is 1. The van der Waals surface area contributed by atoms with Crippen molar-refractivity contribution in [2.75, 3.05) is 27.9 Å². The zero-order valence-corrected chi connectivity index (χ0v) is 16.8. The fourth-order valence-corrected chi connectivity index (χ4v) is 3.10. The second-order valence-corrected chi connectivity index (χ2v) is 6.41. The van der Waals surface area contributed by atoms with Crippen LogP contribution in [0.4, 0.5) is 0 Å². The van der Waals surface area contributed by atoms with Crippen LogP contribution in [-0.2, 0) is 17.6 Å². The van der Waals surface area contributed by atoms with E-state index in [0.29, 0.717) is 42.4 Å². The number of benzene rings is 1. The maximum Gasteiger partial charge on any atom is 0.252 e. The number of methoxy groups -OCH3 is 3. The first-order valence-electron chi connectivity index (χ1n) is 9.35. The molecular weight excluding hydrogens is 374 g/mol. The summed E-state index contributed by atoms with van der Waals surface area (Å²) >= 11 is 0. The van der Waals surface area contributed by atoms with E-state index in [1.165, 1.54) is 6.33 Å². The highest BCUT2D eigenvalue weighted by Crippen LogP contribution is 2.40. The lowest BCUT2D eigenvalue weighted by atomic mass is 10.1. The van der Waals surface area contributed by atoms with Gasteiger partial charge in [0, 0.05) is 25.4 Å². The molecule has 0 radical (unpaired) electrons. The Morgan fingerprint density at radius 1 is 1.07 bits per heavy atom. The zero-order valence-electron chi connectivity index (χ0n) is 16.8. The number of aromatic nitrogens is 4. The molecule has 9 heteroatoms. The van der Waals surface area contributed by atoms with Gasteiger partial charge >= 0.3 is 0 Å². The van der Waals surface area contributed by atoms with Gasteiger partial charge in [0.15, 0.2) is 11.5 Å². The number of carbonyl (C=O) groups excluding carboxylic acids is 1. The van der Waals surface area contributed by atoms with Crippen molar-refractivity contribution in [2.45, 2.75) is 25.7 Å². The Morgan fingerprint density at radius 2 is 1.90 bits per heavy atom. The van der Waals surface area contributed by atoms with E-state index in [4.69, 9.17) is 14.2 Å². The van der Waals surface area contributed by atoms with Gasteiger partial charge < -0.3 is 19.5 Å². The molecule has 1 aromatic carbocycles. The molecule has 3 aromatic rings. The van der Waals surface area contributed by atoms with Crippen LogP contribution in [0.25, 0.3) is 5.78 Å². The lowest BCUT2D eigenvalue weighted by molar-refractivity contribution is -0.121. The Labute approximate surface area is 169 Å². The molecule has 0 fully saturated rings. The minimum absolute atomic E-state index is 0.00769. The predicted molar refractivity (Wildman–Crippen MR) is 107 cm³/mol. The molecule has 9 nitrogen and oxygen atoms in total. The van der Waals surface area contributed by atoms with Crippen molar-refractivity contribution in [2.24, 2.45) is 0 Å². The second-order valence-electron chi connectivity index (χ2n) is 6.41. The molecule has 2 aromatic heterocycles. The molecule has 0 spiro atoms. The number of aryl methyl sites for hydroxylation is 2. The van der Waals surface area contributed by atoms with Crippen molar-refractivity contribution < 1.29 is 19.0 Å². The molecule has 0 atom stereocenters. The molecule has 0 saturated carbocycles. The molecule has 0 aliphatic heterocycles. The van der Waals surface area contributed by atoms with Crippen LogP contribution in [0, 0.1) is 0 Å². The highest BCUT2D eigenvalue weighted by molar-refractivity contribution is 5.76. The maximum atomic E-state index is 12.2. The van der Waals surface area contributed by atoms with Crippen molar-refractivity contribution in [3.05, 3.63) is 42.0 Å². The van der Waals surface area contributed by atoms with Crippen LogP contribution in [0.5, 0.6) is 17.2 Å². The lowest BCUT2D eigenvalue weighted by Crippen LogP contribution is -2.25. The number of hydrogen-bond acceptors (Lipinski definition) is 7. The number of ether oxygens (including phenoxy) is 3. The smallest absolute Gasteiger partial charge is 0.252 e. The van der Waals surface area contributed by atoms with E-state index in [1.807, 2.05) is 18.3 Å². The molecule has 3 rings (SSSR count). The Morgan fingerprint density at radius 3 is 2.66 bits per heavy atom. The van der Waals surface area contributed by atoms with Crippen LogP contribution in [0.1, 0.15) is 24.0 Å². The average molecular weight is 399 g/mol. The molecule has 1 N–H and O–H groups in total. The van der Waals surface area contributed by atoms with E-state index in [-0.39, 0.29) is 5.91 Å². The molecule has 0 aliphatic carbocycles. The molecule has 0 aliphatic rings. The van der Waals surface area contributed by atoms with E-state index in [1.54, 1.807) is 32.0 Å². The quantitative estimate of drug-likeness (QED) is 0.519. The highest BCUT2D eigenvalue weighted by atomic mass is 16.5. The summed E-state index contributed by atoms with van der Waals surface area (Å²) in [5.74, 6) is 2.29. The molecule has 1 amide bonds. The molecule has 0 bridgehead atoms. The third-order valence-corrected chi connectivity index (χ3v) is 4.56. The van der Waals surface area contributed by atoms with E-state index < -0.39 is 0 Å². The molecule has 29 heavy (non-hydrogen) atoms. The maximum absolute atomic E-state index is 12.2. The standard InChI is InChI=1S/C20H25N5O4/c1-27-16-8-6-15(18(28-2)19(16)29-3)7-9-17(26)21-10-4-5-14-11-22-20-23-13-24-25(20)12-14/h6,8,11-13H,4-5,7,9-10H2,1-3H3,(H,21,26). The summed E-state index contributed by atoms with van der Waals surface area (Å²) in [7, 11) is 4.71. The summed E-state index contributed by atoms with van der Waals surface area (Å²) in [6.45, 7) is 0.595. The summed E-state index contributed by atoms with van der Waals surface area (Å²) in [4.78, 5) is 20.5. The van der Waals surface area contributed by atoms with Gasteiger partial charge in [-0.25, -0.2) is 9.50 Å². The van der Waals surface area contributed by atoms with Gasteiger partial charge in [-0.3, -0.25) is 4.79 Å². The third kappa shape index (κ3) is 4.92. The minimum Gasteiger partial charge on any atom is -0.493 e. The summed E-state index contributed by atoms with van der Waals surface area (Å²) in [5, 5.41) is 7.03. The molecule has 0 unspecified atom stereocenters. The van der Waals surface area contributed by atoms with Crippen molar-refractivity contribution in [3.63, 3.8) is 0 Å². The van der Waals surface area contributed by atoms with Crippen molar-refractivity contribution in [3.8, 4) is 17.2 Å². The topological polar surface area (TPSA) is 99.9 Å². The summed E-state index contributed by atoms with van der Waals surface area (Å²) in [6, 6.07) is 3.70. The lowest BCUT2D eigenvalue weighted by Gasteiger charge is -2.15. The van der Waals surface area contributed by atoms with Crippen LogP contribution >= 0.6 is 0 Å². The van der Waals surface area contributed by atoms with Gasteiger partial charge in [0.25, 0.3) is 5.78 Å². The van der Waals surface area contributed by atoms with E-state index in [9.17, 15) is 4.79 Å². The molecule has 0 saturated heterocycles. The highest BCUT2D eigenvalue weighted by Gasteiger charge is 2.16. The summed E-state index contributed by atoms with van der Waals surface area (Å²) in [5.41, 5.74) is 1.94. The normalized spacial score (nSPS) is 10.7. The Bertz CT molecular complexity index is 973. The van der Waals surface area contributed by atoms with Crippen LogP contribution in [0.3, 0.4) is 0 Å². The van der Waals surface area contributed by atoms with Crippen LogP contribution in [-0.4, -0.2) is 53.4 Å². The number of nitrogens with zero attached hydrogens (tertiary/aromatic N) is 4. The summed E-state index contributed by atoms with van der Waals surface area (Å²) < 4.78 is 17.8. The van der Waals surface area contributed by atoms with E-state index in [2.05, 4.69) is 20.4 Å². The Hall–Kier alpha value is -3.36. The van der Waals surface area contributed by atoms with Gasteiger partial charge in [-0.15, -0.1) is 0 Å². The number of nitrogens with one attached hydrogen (secondary N) is 1. The fraction of sp³-hybridized carbons (Fsp3) is 0.400. The van der Waals surface area contributed by atoms with Gasteiger partial charge in [-0.1, -0.05) is 6.07 Å². The van der Waals surface area contributed by atoms with E-state index in [0.717, 1.165) is 24.0 Å².